The molecule has 0 amide bonds. The number of halogens is 1. The van der Waals surface area contributed by atoms with E-state index in [0.717, 1.165) is 22.4 Å². The van der Waals surface area contributed by atoms with E-state index in [-0.39, 0.29) is 6.61 Å². The van der Waals surface area contributed by atoms with E-state index in [4.69, 9.17) is 16.3 Å². The summed E-state index contributed by atoms with van der Waals surface area (Å²) in [4.78, 5) is 0. The molecule has 2 nitrogen and oxygen atoms in total. The quantitative estimate of drug-likeness (QED) is 0.912. The van der Waals surface area contributed by atoms with Gasteiger partial charge in [-0.1, -0.05) is 41.9 Å². The second-order valence-electron chi connectivity index (χ2n) is 4.61. The van der Waals surface area contributed by atoms with Crippen molar-refractivity contribution < 1.29 is 9.84 Å². The molecule has 0 radical (unpaired) electrons. The van der Waals surface area contributed by atoms with Crippen LogP contribution in [0.15, 0.2) is 42.5 Å². The molecule has 0 heterocycles. The van der Waals surface area contributed by atoms with Gasteiger partial charge < -0.3 is 9.84 Å². The maximum absolute atomic E-state index is 10.1. The first kappa shape index (κ1) is 13.9. The summed E-state index contributed by atoms with van der Waals surface area (Å²) in [7, 11) is 0. The van der Waals surface area contributed by atoms with E-state index in [1.807, 2.05) is 56.3 Å². The molecule has 0 saturated carbocycles. The summed E-state index contributed by atoms with van der Waals surface area (Å²) in [6.07, 6.45) is -0.629. The van der Waals surface area contributed by atoms with Gasteiger partial charge in [0.2, 0.25) is 0 Å². The Kier molecular flexibility index (Phi) is 4.46. The Morgan fingerprint density at radius 2 is 1.68 bits per heavy atom. The van der Waals surface area contributed by atoms with E-state index in [9.17, 15) is 5.11 Å². The number of hydrogen-bond donors (Lipinski definition) is 1. The molecule has 2 aromatic rings. The van der Waals surface area contributed by atoms with Crippen LogP contribution < -0.4 is 4.74 Å². The predicted molar refractivity (Wildman–Crippen MR) is 77.8 cm³/mol. The van der Waals surface area contributed by atoms with Crippen LogP contribution in [0.4, 0.5) is 0 Å². The van der Waals surface area contributed by atoms with Crippen molar-refractivity contribution in [2.24, 2.45) is 0 Å². The monoisotopic (exact) mass is 276 g/mol. The highest BCUT2D eigenvalue weighted by atomic mass is 35.5. The largest absolute Gasteiger partial charge is 0.490 e. The van der Waals surface area contributed by atoms with E-state index in [2.05, 4.69) is 0 Å². The van der Waals surface area contributed by atoms with E-state index in [0.29, 0.717) is 5.02 Å². The highest BCUT2D eigenvalue weighted by molar-refractivity contribution is 6.30. The number of aliphatic hydroxyl groups is 1. The molecule has 100 valence electrons. The van der Waals surface area contributed by atoms with Gasteiger partial charge >= 0.3 is 0 Å². The third-order valence-corrected chi connectivity index (χ3v) is 3.21. The molecular formula is C16H17ClO2. The molecule has 1 atom stereocenters. The molecule has 0 bridgehead atoms. The molecule has 0 aromatic heterocycles. The molecule has 0 aliphatic heterocycles. The lowest BCUT2D eigenvalue weighted by Gasteiger charge is -2.16. The van der Waals surface area contributed by atoms with Crippen LogP contribution in [0.2, 0.25) is 5.02 Å². The van der Waals surface area contributed by atoms with Crippen molar-refractivity contribution in [1.82, 2.24) is 0 Å². The molecule has 3 heteroatoms. The Morgan fingerprint density at radius 1 is 1.11 bits per heavy atom. The normalized spacial score (nSPS) is 12.2. The van der Waals surface area contributed by atoms with Gasteiger partial charge in [0.05, 0.1) is 0 Å². The van der Waals surface area contributed by atoms with Crippen LogP contribution in [0.3, 0.4) is 0 Å². The summed E-state index contributed by atoms with van der Waals surface area (Å²) in [5.41, 5.74) is 2.81. The fraction of sp³-hybridized carbons (Fsp3) is 0.250. The van der Waals surface area contributed by atoms with Crippen LogP contribution in [0.1, 0.15) is 22.8 Å². The van der Waals surface area contributed by atoms with Crippen molar-refractivity contribution in [3.05, 3.63) is 64.2 Å². The van der Waals surface area contributed by atoms with Crippen LogP contribution in [0.5, 0.6) is 5.75 Å². The van der Waals surface area contributed by atoms with Gasteiger partial charge in [-0.2, -0.15) is 0 Å². The third kappa shape index (κ3) is 3.49. The van der Waals surface area contributed by atoms with Crippen LogP contribution >= 0.6 is 11.6 Å². The number of aryl methyl sites for hydroxylation is 2. The fourth-order valence-electron chi connectivity index (χ4n) is 2.06. The highest BCUT2D eigenvalue weighted by Crippen LogP contribution is 2.28. The Hall–Kier alpha value is -1.51. The first-order valence-electron chi connectivity index (χ1n) is 6.20. The first-order valence-corrected chi connectivity index (χ1v) is 6.58. The van der Waals surface area contributed by atoms with Crippen molar-refractivity contribution >= 4 is 11.6 Å². The summed E-state index contributed by atoms with van der Waals surface area (Å²) < 4.78 is 5.73. The topological polar surface area (TPSA) is 29.5 Å². The van der Waals surface area contributed by atoms with Crippen LogP contribution in [0.25, 0.3) is 0 Å². The van der Waals surface area contributed by atoms with Gasteiger partial charge in [-0.15, -0.1) is 0 Å². The van der Waals surface area contributed by atoms with E-state index < -0.39 is 6.10 Å². The molecule has 2 rings (SSSR count). The number of aliphatic hydroxyl groups excluding tert-OH is 1. The van der Waals surface area contributed by atoms with E-state index in [1.54, 1.807) is 0 Å². The lowest BCUT2D eigenvalue weighted by Crippen LogP contribution is -2.10. The molecule has 0 spiro atoms. The number of benzene rings is 2. The third-order valence-electron chi connectivity index (χ3n) is 2.99. The predicted octanol–water partition coefficient (Wildman–Crippen LogP) is 4.07. The minimum absolute atomic E-state index is 0.229. The summed E-state index contributed by atoms with van der Waals surface area (Å²) in [5.74, 6) is 0.791. The zero-order valence-electron chi connectivity index (χ0n) is 11.1. The maximum atomic E-state index is 10.1. The number of rotatable bonds is 4. The minimum atomic E-state index is -0.629. The van der Waals surface area contributed by atoms with Gasteiger partial charge in [0.25, 0.3) is 0 Å². The van der Waals surface area contributed by atoms with Gasteiger partial charge in [0, 0.05) is 5.02 Å². The molecule has 1 N–H and O–H groups in total. The highest BCUT2D eigenvalue weighted by Gasteiger charge is 2.11. The average molecular weight is 277 g/mol. The Morgan fingerprint density at radius 3 is 2.26 bits per heavy atom. The van der Waals surface area contributed by atoms with E-state index in [1.165, 1.54) is 0 Å². The molecule has 0 fully saturated rings. The Balaban J connectivity index is 2.07. The fourth-order valence-corrected chi connectivity index (χ4v) is 2.39. The molecule has 0 aliphatic rings. The van der Waals surface area contributed by atoms with Gasteiger partial charge in [-0.25, -0.2) is 0 Å². The Labute approximate surface area is 118 Å². The lowest BCUT2D eigenvalue weighted by molar-refractivity contribution is 0.107. The molecule has 0 unspecified atom stereocenters. The SMILES string of the molecule is Cc1cc(Cl)cc(C)c1OC[C@@H](O)c1ccccc1. The second kappa shape index (κ2) is 6.09. The smallest absolute Gasteiger partial charge is 0.125 e. The summed E-state index contributed by atoms with van der Waals surface area (Å²) in [5, 5.41) is 10.8. The van der Waals surface area contributed by atoms with Gasteiger partial charge in [-0.3, -0.25) is 0 Å². The standard InChI is InChI=1S/C16H17ClO2/c1-11-8-14(17)9-12(2)16(11)19-10-15(18)13-6-4-3-5-7-13/h3-9,15,18H,10H2,1-2H3/t15-/m1/s1. The van der Waals surface area contributed by atoms with E-state index >= 15 is 0 Å². The first-order chi connectivity index (χ1) is 9.08. The van der Waals surface area contributed by atoms with Gasteiger partial charge in [-0.05, 0) is 42.7 Å². The average Bonchev–Trinajstić information content (AvgIpc) is 2.38. The summed E-state index contributed by atoms with van der Waals surface area (Å²) >= 11 is 5.98. The minimum Gasteiger partial charge on any atom is -0.490 e. The van der Waals surface area contributed by atoms with Crippen LogP contribution in [-0.2, 0) is 0 Å². The Bertz CT molecular complexity index is 529. The van der Waals surface area contributed by atoms with Crippen LogP contribution in [-0.4, -0.2) is 11.7 Å². The van der Waals surface area contributed by atoms with Crippen LogP contribution in [0, 0.1) is 13.8 Å². The second-order valence-corrected chi connectivity index (χ2v) is 5.04. The molecule has 0 aliphatic carbocycles. The van der Waals surface area contributed by atoms with Crippen molar-refractivity contribution in [2.45, 2.75) is 20.0 Å². The summed E-state index contributed by atoms with van der Waals surface area (Å²) in [6.45, 7) is 4.12. The van der Waals surface area contributed by atoms with Crippen molar-refractivity contribution in [1.29, 1.82) is 0 Å². The van der Waals surface area contributed by atoms with Crippen molar-refractivity contribution in [3.63, 3.8) is 0 Å². The molecule has 2 aromatic carbocycles. The zero-order valence-corrected chi connectivity index (χ0v) is 11.8. The maximum Gasteiger partial charge on any atom is 0.125 e. The number of hydrogen-bond acceptors (Lipinski definition) is 2. The zero-order chi connectivity index (χ0) is 13.8. The summed E-state index contributed by atoms with van der Waals surface area (Å²) in [6, 6.07) is 13.2. The van der Waals surface area contributed by atoms with Crippen molar-refractivity contribution in [3.8, 4) is 5.75 Å². The molecule has 0 saturated heterocycles. The van der Waals surface area contributed by atoms with Crippen molar-refractivity contribution in [2.75, 3.05) is 6.61 Å². The lowest BCUT2D eigenvalue weighted by atomic mass is 10.1. The van der Waals surface area contributed by atoms with Gasteiger partial charge in [0.1, 0.15) is 18.5 Å². The van der Waals surface area contributed by atoms with Gasteiger partial charge in [0.15, 0.2) is 0 Å². The molecule has 19 heavy (non-hydrogen) atoms. The number of ether oxygens (including phenoxy) is 1. The molecular weight excluding hydrogens is 260 g/mol.